The summed E-state index contributed by atoms with van der Waals surface area (Å²) >= 11 is 5.91. The van der Waals surface area contributed by atoms with Gasteiger partial charge in [0.2, 0.25) is 0 Å². The molecule has 0 N–H and O–H groups in total. The van der Waals surface area contributed by atoms with E-state index in [-0.39, 0.29) is 0 Å². The molecule has 0 saturated carbocycles. The predicted octanol–water partition coefficient (Wildman–Crippen LogP) is 3.27. The summed E-state index contributed by atoms with van der Waals surface area (Å²) in [5, 5.41) is 0.825. The van der Waals surface area contributed by atoms with Crippen LogP contribution in [-0.4, -0.2) is 0 Å². The number of halogens is 1. The van der Waals surface area contributed by atoms with Crippen molar-refractivity contribution < 1.29 is 0 Å². The van der Waals surface area contributed by atoms with Crippen molar-refractivity contribution in [1.29, 1.82) is 0 Å². The number of rotatable bonds is 2. The summed E-state index contributed by atoms with van der Waals surface area (Å²) < 4.78 is 0. The van der Waals surface area contributed by atoms with Gasteiger partial charge in [-0.15, -0.1) is 0 Å². The van der Waals surface area contributed by atoms with Crippen molar-refractivity contribution in [2.75, 3.05) is 0 Å². The second kappa shape index (κ2) is 4.20. The molecule has 1 aromatic carbocycles. The highest BCUT2D eigenvalue weighted by Crippen LogP contribution is 2.15. The van der Waals surface area contributed by atoms with Gasteiger partial charge in [-0.25, -0.2) is 0 Å². The summed E-state index contributed by atoms with van der Waals surface area (Å²) in [6, 6.07) is 7.83. The monoisotopic (exact) mass is 165 g/mol. The Balaban J connectivity index is 2.77. The van der Waals surface area contributed by atoms with Crippen molar-refractivity contribution in [3.8, 4) is 0 Å². The van der Waals surface area contributed by atoms with E-state index in [2.05, 4.69) is 6.92 Å². The van der Waals surface area contributed by atoms with Crippen LogP contribution in [0, 0.1) is 6.92 Å². The third kappa shape index (κ3) is 2.39. The minimum atomic E-state index is 0.825. The Morgan fingerprint density at radius 3 is 2.73 bits per heavy atom. The van der Waals surface area contributed by atoms with Crippen molar-refractivity contribution in [3.05, 3.63) is 53.9 Å². The first-order valence-corrected chi connectivity index (χ1v) is 3.90. The van der Waals surface area contributed by atoms with Gasteiger partial charge < -0.3 is 0 Å². The van der Waals surface area contributed by atoms with Gasteiger partial charge in [0, 0.05) is 5.02 Å². The van der Waals surface area contributed by atoms with E-state index in [1.165, 1.54) is 0 Å². The molecule has 0 heterocycles. The standard InChI is InChI=1S/C10H10Cl/c1-2-3-6-9-7-4-5-8-10(9)11/h2-5,7-8H,1,6H2. The van der Waals surface area contributed by atoms with E-state index in [1.54, 1.807) is 6.08 Å². The maximum atomic E-state index is 5.91. The highest BCUT2D eigenvalue weighted by molar-refractivity contribution is 6.31. The second-order valence-electron chi connectivity index (χ2n) is 2.27. The molecule has 0 aliphatic carbocycles. The van der Waals surface area contributed by atoms with Crippen LogP contribution >= 0.6 is 11.6 Å². The average Bonchev–Trinajstić information content (AvgIpc) is 2.03. The van der Waals surface area contributed by atoms with Gasteiger partial charge in [0.1, 0.15) is 0 Å². The summed E-state index contributed by atoms with van der Waals surface area (Å²) in [6.45, 7) is 3.61. The van der Waals surface area contributed by atoms with E-state index in [1.807, 2.05) is 30.3 Å². The van der Waals surface area contributed by atoms with E-state index >= 15 is 0 Å². The van der Waals surface area contributed by atoms with Crippen LogP contribution in [0.1, 0.15) is 5.56 Å². The molecule has 0 aliphatic rings. The van der Waals surface area contributed by atoms with E-state index in [0.717, 1.165) is 17.0 Å². The molecule has 1 rings (SSSR count). The largest absolute Gasteiger partial charge is 0.0879 e. The van der Waals surface area contributed by atoms with Crippen molar-refractivity contribution in [2.45, 2.75) is 6.42 Å². The minimum Gasteiger partial charge on any atom is -0.0879 e. The van der Waals surface area contributed by atoms with Crippen molar-refractivity contribution in [3.63, 3.8) is 0 Å². The van der Waals surface area contributed by atoms with Crippen LogP contribution in [0.25, 0.3) is 0 Å². The van der Waals surface area contributed by atoms with Crippen LogP contribution in [0.5, 0.6) is 0 Å². The van der Waals surface area contributed by atoms with Crippen molar-refractivity contribution in [1.82, 2.24) is 0 Å². The van der Waals surface area contributed by atoms with Gasteiger partial charge in [0.05, 0.1) is 0 Å². The molecule has 1 aromatic rings. The minimum absolute atomic E-state index is 0.825. The Labute approximate surface area is 72.5 Å². The highest BCUT2D eigenvalue weighted by atomic mass is 35.5. The van der Waals surface area contributed by atoms with Crippen molar-refractivity contribution in [2.24, 2.45) is 0 Å². The molecule has 0 aliphatic heterocycles. The average molecular weight is 166 g/mol. The van der Waals surface area contributed by atoms with Crippen molar-refractivity contribution >= 4 is 11.6 Å². The van der Waals surface area contributed by atoms with Crippen LogP contribution in [0.15, 0.2) is 36.4 Å². The molecule has 0 aromatic heterocycles. The van der Waals surface area contributed by atoms with Crippen LogP contribution in [0.2, 0.25) is 5.02 Å². The van der Waals surface area contributed by atoms with Crippen LogP contribution in [-0.2, 0) is 6.42 Å². The lowest BCUT2D eigenvalue weighted by atomic mass is 10.1. The summed E-state index contributed by atoms with van der Waals surface area (Å²) in [6.07, 6.45) is 4.63. The molecule has 0 spiro atoms. The Morgan fingerprint density at radius 1 is 1.36 bits per heavy atom. The predicted molar refractivity (Wildman–Crippen MR) is 49.7 cm³/mol. The number of hydrogen-bond acceptors (Lipinski definition) is 0. The molecule has 0 amide bonds. The zero-order valence-corrected chi connectivity index (χ0v) is 7.01. The lowest BCUT2D eigenvalue weighted by Gasteiger charge is -1.97. The zero-order chi connectivity index (χ0) is 8.10. The van der Waals surface area contributed by atoms with Gasteiger partial charge in [-0.2, -0.15) is 0 Å². The van der Waals surface area contributed by atoms with Crippen LogP contribution < -0.4 is 0 Å². The van der Waals surface area contributed by atoms with Gasteiger partial charge in [0.15, 0.2) is 0 Å². The van der Waals surface area contributed by atoms with Gasteiger partial charge in [0.25, 0.3) is 0 Å². The maximum Gasteiger partial charge on any atom is 0.0441 e. The van der Waals surface area contributed by atoms with Crippen LogP contribution in [0.4, 0.5) is 0 Å². The first kappa shape index (κ1) is 8.35. The summed E-state index contributed by atoms with van der Waals surface area (Å²) in [4.78, 5) is 0. The van der Waals surface area contributed by atoms with Gasteiger partial charge in [-0.1, -0.05) is 42.0 Å². The molecule has 0 bridgehead atoms. The fourth-order valence-corrected chi connectivity index (χ4v) is 1.09. The molecule has 0 unspecified atom stereocenters. The lowest BCUT2D eigenvalue weighted by molar-refractivity contribution is 1.27. The molecule has 0 atom stereocenters. The SMILES string of the molecule is [CH2]C=CCc1ccccc1Cl. The number of allylic oxidation sites excluding steroid dienone is 2. The Bertz CT molecular complexity index is 251. The fourth-order valence-electron chi connectivity index (χ4n) is 0.874. The number of benzene rings is 1. The Kier molecular flexibility index (Phi) is 3.18. The molecule has 0 saturated heterocycles. The van der Waals surface area contributed by atoms with Gasteiger partial charge >= 0.3 is 0 Å². The molecule has 1 heteroatoms. The van der Waals surface area contributed by atoms with E-state index in [4.69, 9.17) is 11.6 Å². The smallest absolute Gasteiger partial charge is 0.0441 e. The third-order valence-corrected chi connectivity index (χ3v) is 1.83. The first-order chi connectivity index (χ1) is 5.34. The Hall–Kier alpha value is -0.750. The highest BCUT2D eigenvalue weighted by Gasteiger charge is 1.93. The summed E-state index contributed by atoms with van der Waals surface area (Å²) in [7, 11) is 0. The zero-order valence-electron chi connectivity index (χ0n) is 6.26. The fraction of sp³-hybridized carbons (Fsp3) is 0.100. The van der Waals surface area contributed by atoms with Gasteiger partial charge in [-0.3, -0.25) is 0 Å². The summed E-state index contributed by atoms with van der Waals surface area (Å²) in [5.74, 6) is 0. The molecule has 1 radical (unpaired) electrons. The summed E-state index contributed by atoms with van der Waals surface area (Å²) in [5.41, 5.74) is 1.15. The number of hydrogen-bond donors (Lipinski definition) is 0. The van der Waals surface area contributed by atoms with E-state index in [0.29, 0.717) is 0 Å². The first-order valence-electron chi connectivity index (χ1n) is 3.52. The topological polar surface area (TPSA) is 0 Å². The molecule has 0 fully saturated rings. The van der Waals surface area contributed by atoms with E-state index in [9.17, 15) is 0 Å². The molecule has 57 valence electrons. The quantitative estimate of drug-likeness (QED) is 0.631. The second-order valence-corrected chi connectivity index (χ2v) is 2.67. The molecule has 11 heavy (non-hydrogen) atoms. The maximum absolute atomic E-state index is 5.91. The third-order valence-electron chi connectivity index (χ3n) is 1.46. The van der Waals surface area contributed by atoms with E-state index < -0.39 is 0 Å². The van der Waals surface area contributed by atoms with Crippen LogP contribution in [0.3, 0.4) is 0 Å². The lowest BCUT2D eigenvalue weighted by Crippen LogP contribution is -1.80. The molecule has 0 nitrogen and oxygen atoms in total. The normalized spacial score (nSPS) is 10.7. The van der Waals surface area contributed by atoms with Gasteiger partial charge in [-0.05, 0) is 25.0 Å². The molecular weight excluding hydrogens is 156 g/mol. The molecular formula is C10H10Cl. The Morgan fingerprint density at radius 2 is 2.09 bits per heavy atom.